The minimum Gasteiger partial charge on any atom is 0 e. The molecule has 1 heterocycles. The van der Waals surface area contributed by atoms with Crippen molar-refractivity contribution >= 4 is 10.0 Å². The molecule has 2 N–H and O–H groups in total. The molecule has 3 nitrogen and oxygen atoms in total. The Kier molecular flexibility index (Phi) is 5.97. The van der Waals surface area contributed by atoms with E-state index in [1.54, 1.807) is 12.1 Å². The normalized spacial score (nSPS) is 11.6. The Hall–Kier alpha value is -1.49. The van der Waals surface area contributed by atoms with Crippen molar-refractivity contribution in [1.29, 1.82) is 0 Å². The Balaban J connectivity index is 0.00000312. The molecule has 0 saturated heterocycles. The molecular formula is C19H28FN3V. The maximum atomic E-state index is 13.1. The zero-order valence-electron chi connectivity index (χ0n) is 14.8. The van der Waals surface area contributed by atoms with Gasteiger partial charge in [-0.05, 0) is 0 Å². The summed E-state index contributed by atoms with van der Waals surface area (Å²) in [6.45, 7) is 8.46. The molecule has 2 aromatic rings. The number of nitrogens with zero attached hydrogens (tertiary/aromatic N) is 1. The summed E-state index contributed by atoms with van der Waals surface area (Å²) in [5, 5.41) is 6.70. The standard InChI is InChI=1S/C19H24FN3.V.2H2/c1-13(2)18-16(21-5)10-11-17(23-18)19(3,4)22-12-14-6-8-15(20)9-7-14;;;/h6-11,13,21-22H,1-5H3;;2*1H. The van der Waals surface area contributed by atoms with Gasteiger partial charge in [-0.15, -0.1) is 0 Å². The molecule has 2 rings (SSSR count). The predicted molar refractivity (Wildman–Crippen MR) is 98.8 cm³/mol. The molecule has 5 heteroatoms. The van der Waals surface area contributed by atoms with Crippen LogP contribution in [0.4, 0.5) is 10.1 Å². The Bertz CT molecular complexity index is 734. The summed E-state index contributed by atoms with van der Waals surface area (Å²) < 4.78 is 14.0. The van der Waals surface area contributed by atoms with E-state index in [-0.39, 0.29) is 14.2 Å². The third-order valence-electron chi connectivity index (χ3n) is 3.93. The van der Waals surface area contributed by atoms with E-state index >= 15 is 0 Å². The fourth-order valence-electron chi connectivity index (χ4n) is 2.51. The second-order valence-electron chi connectivity index (χ2n) is 6.64. The summed E-state index contributed by atoms with van der Waals surface area (Å²) >= 11 is 2.52. The van der Waals surface area contributed by atoms with Crippen LogP contribution in [0.3, 0.4) is 0 Å². The van der Waals surface area contributed by atoms with Crippen molar-refractivity contribution in [2.24, 2.45) is 0 Å². The van der Waals surface area contributed by atoms with E-state index in [0.717, 1.165) is 27.0 Å². The van der Waals surface area contributed by atoms with E-state index in [0.29, 0.717) is 5.92 Å². The van der Waals surface area contributed by atoms with Gasteiger partial charge in [-0.3, -0.25) is 0 Å². The number of benzene rings is 1. The van der Waals surface area contributed by atoms with Crippen molar-refractivity contribution < 1.29 is 24.2 Å². The minimum atomic E-state index is -0.355. The van der Waals surface area contributed by atoms with Gasteiger partial charge in [0.1, 0.15) is 0 Å². The summed E-state index contributed by atoms with van der Waals surface area (Å²) in [6.07, 6.45) is 0. The molecule has 0 amide bonds. The molecule has 0 saturated carbocycles. The summed E-state index contributed by atoms with van der Waals surface area (Å²) in [4.78, 5) is 4.87. The smallest absolute Gasteiger partial charge is 0 e. The fourth-order valence-corrected chi connectivity index (χ4v) is 3.18. The van der Waals surface area contributed by atoms with Crippen LogP contribution in [0.25, 0.3) is 0 Å². The van der Waals surface area contributed by atoms with Gasteiger partial charge in [-0.2, -0.15) is 0 Å². The molecule has 131 valence electrons. The van der Waals surface area contributed by atoms with Gasteiger partial charge in [0, 0.05) is 2.85 Å². The minimum absolute atomic E-state index is 0. The first-order valence-electron chi connectivity index (χ1n) is 8.04. The average Bonchev–Trinajstić information content (AvgIpc) is 2.54. The Morgan fingerprint density at radius 2 is 1.79 bits per heavy atom. The van der Waals surface area contributed by atoms with Crippen LogP contribution >= 0.6 is 0 Å². The zero-order valence-corrected chi connectivity index (χ0v) is 16.2. The molecule has 1 aromatic carbocycles. The second-order valence-corrected chi connectivity index (χ2v) is 7.34. The van der Waals surface area contributed by atoms with Crippen LogP contribution in [0, 0.1) is 5.82 Å². The summed E-state index contributed by atoms with van der Waals surface area (Å²) in [6, 6.07) is 10.6. The molecule has 0 unspecified atom stereocenters. The van der Waals surface area contributed by atoms with Gasteiger partial charge in [0.15, 0.2) is 0 Å². The molecular weight excluding hydrogens is 340 g/mol. The van der Waals surface area contributed by atoms with Crippen LogP contribution in [-0.2, 0) is 22.5 Å². The van der Waals surface area contributed by atoms with Gasteiger partial charge in [0.2, 0.25) is 0 Å². The third-order valence-corrected chi connectivity index (χ3v) is 4.51. The zero-order chi connectivity index (χ0) is 17.9. The van der Waals surface area contributed by atoms with Crippen LogP contribution in [0.2, 0.25) is 0 Å². The van der Waals surface area contributed by atoms with Gasteiger partial charge < -0.3 is 0 Å². The van der Waals surface area contributed by atoms with Crippen LogP contribution in [-0.4, -0.2) is 16.4 Å². The monoisotopic (exact) mass is 368 g/mol. The number of nitrogens with one attached hydrogen (secondary N) is 2. The van der Waals surface area contributed by atoms with Gasteiger partial charge in [0.25, 0.3) is 0 Å². The maximum absolute atomic E-state index is 13.1. The van der Waals surface area contributed by atoms with Crippen molar-refractivity contribution in [3.63, 3.8) is 0 Å². The summed E-state index contributed by atoms with van der Waals surface area (Å²) in [5.74, 6) is 0.102. The number of halogens is 1. The predicted octanol–water partition coefficient (Wildman–Crippen LogP) is 4.43. The van der Waals surface area contributed by atoms with Gasteiger partial charge in [-0.25, -0.2) is 0 Å². The Morgan fingerprint density at radius 3 is 2.33 bits per heavy atom. The molecule has 1 aromatic heterocycles. The van der Waals surface area contributed by atoms with Crippen molar-refractivity contribution in [3.05, 3.63) is 59.2 Å². The summed E-state index contributed by atoms with van der Waals surface area (Å²) in [5.41, 5.74) is 3.67. The van der Waals surface area contributed by atoms with Gasteiger partial charge >= 0.3 is 152 Å². The molecule has 0 aliphatic rings. The molecule has 0 aliphatic heterocycles. The van der Waals surface area contributed by atoms with Crippen LogP contribution < -0.4 is 10.6 Å². The average molecular weight is 368 g/mol. The van der Waals surface area contributed by atoms with Crippen LogP contribution in [0.1, 0.15) is 53.4 Å². The van der Waals surface area contributed by atoms with Crippen molar-refractivity contribution in [2.75, 3.05) is 12.4 Å². The Labute approximate surface area is 155 Å². The number of hydrogen-bond donors (Lipinski definition) is 2. The van der Waals surface area contributed by atoms with Gasteiger partial charge in [0.05, 0.1) is 0 Å². The fraction of sp³-hybridized carbons (Fsp3) is 0.368. The maximum Gasteiger partial charge on any atom is 0 e. The Morgan fingerprint density at radius 1 is 1.17 bits per heavy atom. The number of rotatable bonds is 6. The van der Waals surface area contributed by atoms with E-state index in [1.165, 1.54) is 12.1 Å². The topological polar surface area (TPSA) is 37.0 Å². The SMILES string of the molecule is CNc1ccc(C(C)(C)N[C](=[V])c2ccc(F)cc2)nc1C(C)C.[HH].[HH]. The largest absolute Gasteiger partial charge is 0 e. The van der Waals surface area contributed by atoms with Crippen molar-refractivity contribution in [3.8, 4) is 0 Å². The quantitative estimate of drug-likeness (QED) is 0.792. The molecule has 0 bridgehead atoms. The van der Waals surface area contributed by atoms with E-state index in [4.69, 9.17) is 4.98 Å². The van der Waals surface area contributed by atoms with Gasteiger partial charge in [-0.1, -0.05) is 0 Å². The number of aromatic nitrogens is 1. The number of anilines is 1. The van der Waals surface area contributed by atoms with E-state index in [2.05, 4.69) is 61.4 Å². The molecule has 0 atom stereocenters. The van der Waals surface area contributed by atoms with Crippen LogP contribution in [0.5, 0.6) is 0 Å². The van der Waals surface area contributed by atoms with Crippen molar-refractivity contribution in [1.82, 2.24) is 10.3 Å². The van der Waals surface area contributed by atoms with Crippen LogP contribution in [0.15, 0.2) is 36.4 Å². The first-order valence-corrected chi connectivity index (χ1v) is 8.73. The van der Waals surface area contributed by atoms with E-state index < -0.39 is 0 Å². The molecule has 0 aliphatic carbocycles. The number of hydrogen-bond acceptors (Lipinski definition) is 3. The van der Waals surface area contributed by atoms with E-state index in [1.807, 2.05) is 13.1 Å². The first kappa shape index (κ1) is 18.8. The van der Waals surface area contributed by atoms with Crippen molar-refractivity contribution in [2.45, 2.75) is 39.2 Å². The molecule has 0 fully saturated rings. The second kappa shape index (κ2) is 7.60. The number of pyridine rings is 1. The van der Waals surface area contributed by atoms with E-state index in [9.17, 15) is 4.39 Å². The molecule has 24 heavy (non-hydrogen) atoms. The first-order chi connectivity index (χ1) is 11.2. The summed E-state index contributed by atoms with van der Waals surface area (Å²) in [7, 11) is 1.91. The molecule has 0 radical (unpaired) electrons. The molecule has 0 spiro atoms. The third kappa shape index (κ3) is 4.32.